The lowest BCUT2D eigenvalue weighted by Gasteiger charge is -2.12. The van der Waals surface area contributed by atoms with E-state index in [0.717, 1.165) is 4.90 Å². The van der Waals surface area contributed by atoms with Crippen molar-refractivity contribution in [2.75, 3.05) is 16.4 Å². The zero-order chi connectivity index (χ0) is 26.9. The molecule has 0 aliphatic rings. The smallest absolute Gasteiger partial charge is 0.272 e. The van der Waals surface area contributed by atoms with Crippen molar-refractivity contribution in [3.05, 3.63) is 111 Å². The van der Waals surface area contributed by atoms with Gasteiger partial charge in [0.05, 0.1) is 5.75 Å². The van der Waals surface area contributed by atoms with Crippen LogP contribution in [0.4, 0.5) is 10.8 Å². The number of thiazole rings is 1. The maximum atomic E-state index is 13.3. The molecule has 11 heteroatoms. The molecule has 0 unspecified atom stereocenters. The Labute approximate surface area is 237 Å². The number of aromatic nitrogens is 1. The zero-order valence-electron chi connectivity index (χ0n) is 19.6. The lowest BCUT2D eigenvalue weighted by atomic mass is 10.1. The van der Waals surface area contributed by atoms with Crippen molar-refractivity contribution in [2.24, 2.45) is 0 Å². The van der Waals surface area contributed by atoms with Gasteiger partial charge in [-0.3, -0.25) is 14.4 Å². The summed E-state index contributed by atoms with van der Waals surface area (Å²) in [5.41, 5.74) is 1.37. The maximum Gasteiger partial charge on any atom is 0.272 e. The Hall–Kier alpha value is -3.63. The number of hydrogen-bond donors (Lipinski definition) is 3. The van der Waals surface area contributed by atoms with Crippen molar-refractivity contribution >= 4 is 80.9 Å². The van der Waals surface area contributed by atoms with Gasteiger partial charge in [0.25, 0.3) is 11.8 Å². The minimum atomic E-state index is -0.552. The SMILES string of the molecule is O=C(CSc1cccc(NC(=O)/C(=C\c2ccc(Cl)cc2Cl)NC(=O)c2ccccc2)c1)Nc1nccs1. The second-order valence-electron chi connectivity index (χ2n) is 7.70. The van der Waals surface area contributed by atoms with Crippen LogP contribution in [0.5, 0.6) is 0 Å². The molecule has 0 atom stereocenters. The number of nitrogens with one attached hydrogen (secondary N) is 3. The van der Waals surface area contributed by atoms with Crippen LogP contribution in [-0.4, -0.2) is 28.5 Å². The van der Waals surface area contributed by atoms with Crippen molar-refractivity contribution in [1.29, 1.82) is 0 Å². The minimum absolute atomic E-state index is 0.0102. The van der Waals surface area contributed by atoms with Crippen LogP contribution in [0, 0.1) is 0 Å². The Balaban J connectivity index is 1.49. The van der Waals surface area contributed by atoms with Gasteiger partial charge in [0.15, 0.2) is 5.13 Å². The molecule has 0 aliphatic carbocycles. The van der Waals surface area contributed by atoms with Crippen LogP contribution >= 0.6 is 46.3 Å². The maximum absolute atomic E-state index is 13.3. The van der Waals surface area contributed by atoms with Gasteiger partial charge in [-0.2, -0.15) is 0 Å². The van der Waals surface area contributed by atoms with E-state index in [1.165, 1.54) is 29.2 Å². The summed E-state index contributed by atoms with van der Waals surface area (Å²) >= 11 is 15.0. The predicted molar refractivity (Wildman–Crippen MR) is 155 cm³/mol. The number of hydrogen-bond acceptors (Lipinski definition) is 6. The monoisotopic (exact) mass is 582 g/mol. The van der Waals surface area contributed by atoms with Crippen molar-refractivity contribution in [1.82, 2.24) is 10.3 Å². The lowest BCUT2D eigenvalue weighted by Crippen LogP contribution is -2.30. The summed E-state index contributed by atoms with van der Waals surface area (Å²) in [5.74, 6) is -1.02. The molecule has 7 nitrogen and oxygen atoms in total. The van der Waals surface area contributed by atoms with Gasteiger partial charge in [-0.25, -0.2) is 4.98 Å². The van der Waals surface area contributed by atoms with E-state index in [1.807, 2.05) is 6.07 Å². The molecule has 4 aromatic rings. The van der Waals surface area contributed by atoms with Gasteiger partial charge in [-0.05, 0) is 54.1 Å². The van der Waals surface area contributed by atoms with Crippen LogP contribution < -0.4 is 16.0 Å². The molecule has 1 heterocycles. The molecule has 0 aliphatic heterocycles. The van der Waals surface area contributed by atoms with Crippen LogP contribution in [0.3, 0.4) is 0 Å². The highest BCUT2D eigenvalue weighted by Crippen LogP contribution is 2.25. The third-order valence-corrected chi connectivity index (χ3v) is 7.18. The van der Waals surface area contributed by atoms with Gasteiger partial charge < -0.3 is 16.0 Å². The second-order valence-corrected chi connectivity index (χ2v) is 10.5. The molecule has 192 valence electrons. The van der Waals surface area contributed by atoms with Gasteiger partial charge in [-0.15, -0.1) is 23.1 Å². The second kappa shape index (κ2) is 13.3. The van der Waals surface area contributed by atoms with E-state index in [1.54, 1.807) is 78.3 Å². The van der Waals surface area contributed by atoms with E-state index < -0.39 is 11.8 Å². The summed E-state index contributed by atoms with van der Waals surface area (Å²) in [7, 11) is 0. The molecular weight excluding hydrogens is 563 g/mol. The first-order chi connectivity index (χ1) is 18.4. The van der Waals surface area contributed by atoms with Crippen LogP contribution in [0.15, 0.2) is 95.0 Å². The zero-order valence-corrected chi connectivity index (χ0v) is 22.8. The summed E-state index contributed by atoms with van der Waals surface area (Å²) < 4.78 is 0. The summed E-state index contributed by atoms with van der Waals surface area (Å²) in [6.07, 6.45) is 3.10. The Morgan fingerprint density at radius 1 is 0.947 bits per heavy atom. The number of thioether (sulfide) groups is 1. The number of anilines is 2. The van der Waals surface area contributed by atoms with Gasteiger partial charge in [0.2, 0.25) is 5.91 Å². The van der Waals surface area contributed by atoms with Crippen molar-refractivity contribution < 1.29 is 14.4 Å². The highest BCUT2D eigenvalue weighted by atomic mass is 35.5. The molecule has 0 bridgehead atoms. The van der Waals surface area contributed by atoms with Crippen molar-refractivity contribution in [3.8, 4) is 0 Å². The van der Waals surface area contributed by atoms with Gasteiger partial charge >= 0.3 is 0 Å². The molecule has 0 spiro atoms. The Morgan fingerprint density at radius 2 is 1.76 bits per heavy atom. The van der Waals surface area contributed by atoms with E-state index in [0.29, 0.717) is 32.0 Å². The molecule has 0 saturated carbocycles. The van der Waals surface area contributed by atoms with Crippen LogP contribution in [0.2, 0.25) is 10.0 Å². The average molecular weight is 584 g/mol. The van der Waals surface area contributed by atoms with E-state index in [-0.39, 0.29) is 17.4 Å². The van der Waals surface area contributed by atoms with Crippen LogP contribution in [-0.2, 0) is 9.59 Å². The number of rotatable bonds is 9. The minimum Gasteiger partial charge on any atom is -0.321 e. The summed E-state index contributed by atoms with van der Waals surface area (Å²) in [6, 6.07) is 20.4. The summed E-state index contributed by atoms with van der Waals surface area (Å²) in [5, 5.41) is 11.3. The summed E-state index contributed by atoms with van der Waals surface area (Å²) in [4.78, 5) is 43.1. The Bertz CT molecular complexity index is 1480. The fourth-order valence-corrected chi connectivity index (χ4v) is 4.93. The van der Waals surface area contributed by atoms with E-state index in [2.05, 4.69) is 20.9 Å². The first kappa shape index (κ1) is 27.4. The fraction of sp³-hybridized carbons (Fsp3) is 0.0370. The number of carbonyl (C=O) groups excluding carboxylic acids is 3. The summed E-state index contributed by atoms with van der Waals surface area (Å²) in [6.45, 7) is 0. The van der Waals surface area contributed by atoms with Crippen molar-refractivity contribution in [2.45, 2.75) is 4.90 Å². The molecule has 4 rings (SSSR count). The topological polar surface area (TPSA) is 100 Å². The fourth-order valence-electron chi connectivity index (χ4n) is 3.17. The molecule has 3 N–H and O–H groups in total. The Kier molecular flexibility index (Phi) is 9.56. The quantitative estimate of drug-likeness (QED) is 0.153. The normalized spacial score (nSPS) is 11.1. The largest absolute Gasteiger partial charge is 0.321 e. The number of halogens is 2. The highest BCUT2D eigenvalue weighted by Gasteiger charge is 2.16. The predicted octanol–water partition coefficient (Wildman–Crippen LogP) is 6.59. The molecular formula is C27H20Cl2N4O3S2. The number of nitrogens with zero attached hydrogens (tertiary/aromatic N) is 1. The van der Waals surface area contributed by atoms with Gasteiger partial charge in [0, 0.05) is 37.8 Å². The molecule has 0 saturated heterocycles. The molecule has 38 heavy (non-hydrogen) atoms. The van der Waals surface area contributed by atoms with E-state index in [4.69, 9.17) is 23.2 Å². The third-order valence-electron chi connectivity index (χ3n) is 4.93. The highest BCUT2D eigenvalue weighted by molar-refractivity contribution is 8.00. The number of amides is 3. The van der Waals surface area contributed by atoms with Gasteiger partial charge in [0.1, 0.15) is 5.70 Å². The van der Waals surface area contributed by atoms with Crippen molar-refractivity contribution in [3.63, 3.8) is 0 Å². The molecule has 0 radical (unpaired) electrons. The van der Waals surface area contributed by atoms with E-state index >= 15 is 0 Å². The molecule has 0 fully saturated rings. The van der Waals surface area contributed by atoms with Crippen LogP contribution in [0.1, 0.15) is 15.9 Å². The Morgan fingerprint density at radius 3 is 2.50 bits per heavy atom. The van der Waals surface area contributed by atoms with Gasteiger partial charge in [-0.1, -0.05) is 53.5 Å². The number of benzene rings is 3. The lowest BCUT2D eigenvalue weighted by molar-refractivity contribution is -0.114. The van der Waals surface area contributed by atoms with E-state index in [9.17, 15) is 14.4 Å². The number of carbonyl (C=O) groups is 3. The molecule has 3 amide bonds. The van der Waals surface area contributed by atoms with Crippen LogP contribution in [0.25, 0.3) is 6.08 Å². The first-order valence-corrected chi connectivity index (χ1v) is 13.8. The molecule has 3 aromatic carbocycles. The first-order valence-electron chi connectivity index (χ1n) is 11.1. The molecule has 1 aromatic heterocycles. The third kappa shape index (κ3) is 7.93. The average Bonchev–Trinajstić information content (AvgIpc) is 3.42. The standard InChI is InChI=1S/C27H20Cl2N4O3S2/c28-19-10-9-18(22(29)14-19)13-23(32-25(35)17-5-2-1-3-6-17)26(36)31-20-7-4-8-21(15-20)38-16-24(34)33-27-30-11-12-37-27/h1-15H,16H2,(H,31,36)(H,32,35)(H,30,33,34)/b23-13+.